The Morgan fingerprint density at radius 2 is 1.47 bits per heavy atom. The minimum absolute atomic E-state index is 0.513. The van der Waals surface area contributed by atoms with Gasteiger partial charge in [-0.1, -0.05) is 0 Å². The molecule has 2 N–H and O–H groups in total. The van der Waals surface area contributed by atoms with E-state index in [2.05, 4.69) is 11.9 Å². The summed E-state index contributed by atoms with van der Waals surface area (Å²) in [6.45, 7) is 2.63. The standard InChI is InChI=1S/C13H26N2/c1-15-8-6-12(7-9-15)10-11-2-4-13(14)5-3-11/h11-13H,2-10,14H2,1H3. The van der Waals surface area contributed by atoms with Crippen LogP contribution in [-0.2, 0) is 0 Å². The van der Waals surface area contributed by atoms with E-state index in [-0.39, 0.29) is 0 Å². The summed E-state index contributed by atoms with van der Waals surface area (Å²) in [5.74, 6) is 2.01. The summed E-state index contributed by atoms with van der Waals surface area (Å²) in [6.07, 6.45) is 9.69. The highest BCUT2D eigenvalue weighted by Crippen LogP contribution is 2.32. The van der Waals surface area contributed by atoms with E-state index in [4.69, 9.17) is 5.73 Å². The molecule has 1 saturated heterocycles. The highest BCUT2D eigenvalue weighted by Gasteiger charge is 2.24. The van der Waals surface area contributed by atoms with Crippen molar-refractivity contribution in [1.29, 1.82) is 0 Å². The fraction of sp³-hybridized carbons (Fsp3) is 1.00. The largest absolute Gasteiger partial charge is 0.328 e. The second-order valence-corrected chi connectivity index (χ2v) is 5.76. The van der Waals surface area contributed by atoms with Crippen LogP contribution in [-0.4, -0.2) is 31.1 Å². The van der Waals surface area contributed by atoms with Crippen LogP contribution in [0.3, 0.4) is 0 Å². The highest BCUT2D eigenvalue weighted by atomic mass is 15.1. The third-order valence-electron chi connectivity index (χ3n) is 4.40. The summed E-state index contributed by atoms with van der Waals surface area (Å²) in [5, 5.41) is 0. The molecule has 1 aliphatic heterocycles. The van der Waals surface area contributed by atoms with Gasteiger partial charge >= 0.3 is 0 Å². The van der Waals surface area contributed by atoms with Crippen molar-refractivity contribution in [2.24, 2.45) is 17.6 Å². The van der Waals surface area contributed by atoms with Crippen molar-refractivity contribution in [1.82, 2.24) is 4.90 Å². The topological polar surface area (TPSA) is 29.3 Å². The van der Waals surface area contributed by atoms with Gasteiger partial charge in [-0.25, -0.2) is 0 Å². The first-order valence-electron chi connectivity index (χ1n) is 6.68. The number of hydrogen-bond donors (Lipinski definition) is 1. The van der Waals surface area contributed by atoms with Gasteiger partial charge in [0.05, 0.1) is 0 Å². The summed E-state index contributed by atoms with van der Waals surface area (Å²) >= 11 is 0. The first-order chi connectivity index (χ1) is 7.24. The maximum atomic E-state index is 5.94. The summed E-state index contributed by atoms with van der Waals surface area (Å²) in [7, 11) is 2.25. The summed E-state index contributed by atoms with van der Waals surface area (Å²) < 4.78 is 0. The zero-order chi connectivity index (χ0) is 10.7. The Kier molecular flexibility index (Phi) is 4.04. The Bertz CT molecular complexity index is 157. The van der Waals surface area contributed by atoms with Gasteiger partial charge in [0, 0.05) is 6.04 Å². The van der Waals surface area contributed by atoms with Gasteiger partial charge in [-0.2, -0.15) is 0 Å². The molecular weight excluding hydrogens is 184 g/mol. The van der Waals surface area contributed by atoms with Gasteiger partial charge in [0.25, 0.3) is 0 Å². The molecular formula is C13H26N2. The number of nitrogens with zero attached hydrogens (tertiary/aromatic N) is 1. The molecule has 0 aromatic rings. The molecule has 0 amide bonds. The zero-order valence-corrected chi connectivity index (χ0v) is 10.1. The summed E-state index contributed by atoms with van der Waals surface area (Å²) in [6, 6.07) is 0.513. The molecule has 1 saturated carbocycles. The summed E-state index contributed by atoms with van der Waals surface area (Å²) in [4.78, 5) is 2.47. The Hall–Kier alpha value is -0.0800. The van der Waals surface area contributed by atoms with Crippen LogP contribution in [0.5, 0.6) is 0 Å². The molecule has 0 atom stereocenters. The maximum Gasteiger partial charge on any atom is 0.00390 e. The lowest BCUT2D eigenvalue weighted by Crippen LogP contribution is -2.32. The predicted octanol–water partition coefficient (Wildman–Crippen LogP) is 2.24. The van der Waals surface area contributed by atoms with Crippen molar-refractivity contribution in [2.75, 3.05) is 20.1 Å². The molecule has 0 bridgehead atoms. The van der Waals surface area contributed by atoms with Crippen LogP contribution >= 0.6 is 0 Å². The van der Waals surface area contributed by atoms with Crippen LogP contribution in [0.2, 0.25) is 0 Å². The van der Waals surface area contributed by atoms with Gasteiger partial charge in [-0.05, 0) is 76.9 Å². The number of likely N-dealkylation sites (tertiary alicyclic amines) is 1. The second-order valence-electron chi connectivity index (χ2n) is 5.76. The molecule has 2 rings (SSSR count). The smallest absolute Gasteiger partial charge is 0.00390 e. The van der Waals surface area contributed by atoms with Gasteiger partial charge in [0.1, 0.15) is 0 Å². The van der Waals surface area contributed by atoms with Gasteiger partial charge in [0.15, 0.2) is 0 Å². The minimum Gasteiger partial charge on any atom is -0.328 e. The predicted molar refractivity (Wildman–Crippen MR) is 64.8 cm³/mol. The van der Waals surface area contributed by atoms with Crippen molar-refractivity contribution in [3.05, 3.63) is 0 Å². The molecule has 0 spiro atoms. The third kappa shape index (κ3) is 3.46. The average molecular weight is 210 g/mol. The molecule has 0 aromatic carbocycles. The monoisotopic (exact) mass is 210 g/mol. The van der Waals surface area contributed by atoms with Crippen LogP contribution in [0.4, 0.5) is 0 Å². The Morgan fingerprint density at radius 3 is 2.07 bits per heavy atom. The Balaban J connectivity index is 1.68. The third-order valence-corrected chi connectivity index (χ3v) is 4.40. The first kappa shape index (κ1) is 11.4. The van der Waals surface area contributed by atoms with E-state index in [0.717, 1.165) is 11.8 Å². The first-order valence-corrected chi connectivity index (χ1v) is 6.68. The quantitative estimate of drug-likeness (QED) is 0.757. The van der Waals surface area contributed by atoms with Crippen LogP contribution < -0.4 is 5.73 Å². The molecule has 0 unspecified atom stereocenters. The SMILES string of the molecule is CN1CCC(CC2CCC(N)CC2)CC1. The van der Waals surface area contributed by atoms with Gasteiger partial charge < -0.3 is 10.6 Å². The van der Waals surface area contributed by atoms with E-state index in [1.807, 2.05) is 0 Å². The van der Waals surface area contributed by atoms with Gasteiger partial charge in [-0.15, -0.1) is 0 Å². The molecule has 1 aliphatic carbocycles. The van der Waals surface area contributed by atoms with E-state index in [9.17, 15) is 0 Å². The molecule has 2 nitrogen and oxygen atoms in total. The fourth-order valence-corrected chi connectivity index (χ4v) is 3.19. The Morgan fingerprint density at radius 1 is 0.933 bits per heavy atom. The molecule has 2 fully saturated rings. The molecule has 2 heteroatoms. The Labute approximate surface area is 94.2 Å². The van der Waals surface area contributed by atoms with Crippen LogP contribution in [0, 0.1) is 11.8 Å². The number of piperidine rings is 1. The van der Waals surface area contributed by atoms with E-state index >= 15 is 0 Å². The molecule has 0 aromatic heterocycles. The van der Waals surface area contributed by atoms with Crippen molar-refractivity contribution >= 4 is 0 Å². The van der Waals surface area contributed by atoms with Crippen molar-refractivity contribution in [2.45, 2.75) is 51.0 Å². The second kappa shape index (κ2) is 5.31. The van der Waals surface area contributed by atoms with Crippen LogP contribution in [0.15, 0.2) is 0 Å². The number of rotatable bonds is 2. The molecule has 2 aliphatic rings. The highest BCUT2D eigenvalue weighted by molar-refractivity contribution is 4.78. The lowest BCUT2D eigenvalue weighted by molar-refractivity contribution is 0.178. The fourth-order valence-electron chi connectivity index (χ4n) is 3.19. The maximum absolute atomic E-state index is 5.94. The summed E-state index contributed by atoms with van der Waals surface area (Å²) in [5.41, 5.74) is 5.94. The van der Waals surface area contributed by atoms with Gasteiger partial charge in [-0.3, -0.25) is 0 Å². The van der Waals surface area contributed by atoms with Gasteiger partial charge in [0.2, 0.25) is 0 Å². The van der Waals surface area contributed by atoms with E-state index in [1.165, 1.54) is 58.0 Å². The van der Waals surface area contributed by atoms with E-state index in [1.54, 1.807) is 0 Å². The van der Waals surface area contributed by atoms with E-state index < -0.39 is 0 Å². The van der Waals surface area contributed by atoms with Crippen LogP contribution in [0.25, 0.3) is 0 Å². The van der Waals surface area contributed by atoms with Crippen molar-refractivity contribution in [3.8, 4) is 0 Å². The lowest BCUT2D eigenvalue weighted by Gasteiger charge is -2.33. The lowest BCUT2D eigenvalue weighted by atomic mass is 9.78. The zero-order valence-electron chi connectivity index (χ0n) is 10.1. The van der Waals surface area contributed by atoms with Crippen LogP contribution in [0.1, 0.15) is 44.9 Å². The normalized spacial score (nSPS) is 35.6. The van der Waals surface area contributed by atoms with E-state index in [0.29, 0.717) is 6.04 Å². The molecule has 0 radical (unpaired) electrons. The van der Waals surface area contributed by atoms with Crippen molar-refractivity contribution in [3.63, 3.8) is 0 Å². The molecule has 15 heavy (non-hydrogen) atoms. The number of nitrogens with two attached hydrogens (primary N) is 1. The molecule has 88 valence electrons. The molecule has 1 heterocycles. The average Bonchev–Trinajstić information content (AvgIpc) is 2.25. The number of hydrogen-bond acceptors (Lipinski definition) is 2. The van der Waals surface area contributed by atoms with Crippen molar-refractivity contribution < 1.29 is 0 Å². The minimum atomic E-state index is 0.513.